The molecule has 0 heterocycles. The molecule has 1 rings (SSSR count). The Balaban J connectivity index is 2.56. The monoisotopic (exact) mass is 249 g/mol. The summed E-state index contributed by atoms with van der Waals surface area (Å²) in [6.45, 7) is 1.20. The third kappa shape index (κ3) is 4.18. The number of benzene rings is 1. The molecule has 18 heavy (non-hydrogen) atoms. The van der Waals surface area contributed by atoms with E-state index < -0.39 is 5.91 Å². The Morgan fingerprint density at radius 1 is 1.28 bits per heavy atom. The summed E-state index contributed by atoms with van der Waals surface area (Å²) < 4.78 is 0. The molecule has 2 amide bonds. The highest BCUT2D eigenvalue weighted by molar-refractivity contribution is 5.92. The van der Waals surface area contributed by atoms with E-state index in [1.165, 1.54) is 0 Å². The summed E-state index contributed by atoms with van der Waals surface area (Å²) in [6.07, 6.45) is 0.479. The summed E-state index contributed by atoms with van der Waals surface area (Å²) in [5, 5.41) is 2.94. The number of primary amides is 1. The second-order valence-corrected chi connectivity index (χ2v) is 4.16. The zero-order chi connectivity index (χ0) is 13.5. The van der Waals surface area contributed by atoms with Gasteiger partial charge in [-0.3, -0.25) is 9.59 Å². The highest BCUT2D eigenvalue weighted by atomic mass is 16.2. The van der Waals surface area contributed by atoms with E-state index in [9.17, 15) is 9.59 Å². The molecule has 1 aromatic rings. The Labute approximate surface area is 107 Å². The number of rotatable bonds is 6. The highest BCUT2D eigenvalue weighted by Crippen LogP contribution is 2.07. The van der Waals surface area contributed by atoms with Crippen LogP contribution in [0.1, 0.15) is 22.3 Å². The molecule has 0 aliphatic rings. The van der Waals surface area contributed by atoms with Crippen LogP contribution in [0, 0.1) is 0 Å². The smallest absolute Gasteiger partial charge is 0.248 e. The molecule has 1 aromatic carbocycles. The van der Waals surface area contributed by atoms with E-state index in [1.807, 2.05) is 19.2 Å². The fourth-order valence-corrected chi connectivity index (χ4v) is 1.56. The molecule has 0 bridgehead atoms. The van der Waals surface area contributed by atoms with Gasteiger partial charge in [0.2, 0.25) is 11.8 Å². The van der Waals surface area contributed by atoms with Crippen molar-refractivity contribution in [1.82, 2.24) is 10.2 Å². The molecule has 0 aliphatic heterocycles. The first-order valence-electron chi connectivity index (χ1n) is 5.82. The lowest BCUT2D eigenvalue weighted by molar-refractivity contribution is -0.130. The Kier molecular flexibility index (Phi) is 5.32. The number of carbonyl (C=O) groups excluding carboxylic acids is 2. The van der Waals surface area contributed by atoms with Crippen LogP contribution < -0.4 is 11.1 Å². The van der Waals surface area contributed by atoms with Crippen LogP contribution in [-0.4, -0.2) is 37.4 Å². The molecular weight excluding hydrogens is 230 g/mol. The van der Waals surface area contributed by atoms with Gasteiger partial charge in [0, 0.05) is 32.1 Å². The molecule has 3 N–H and O–H groups in total. The average Bonchev–Trinajstić information content (AvgIpc) is 2.36. The molecule has 0 radical (unpaired) electrons. The first kappa shape index (κ1) is 14.2. The average molecular weight is 249 g/mol. The number of amides is 2. The number of nitrogens with zero attached hydrogens (tertiary/aromatic N) is 1. The molecule has 0 saturated carbocycles. The van der Waals surface area contributed by atoms with Gasteiger partial charge >= 0.3 is 0 Å². The van der Waals surface area contributed by atoms with Crippen LogP contribution in [0.5, 0.6) is 0 Å². The van der Waals surface area contributed by atoms with Crippen LogP contribution in [0.15, 0.2) is 24.3 Å². The Morgan fingerprint density at radius 3 is 2.39 bits per heavy atom. The molecule has 5 heteroatoms. The van der Waals surface area contributed by atoms with E-state index >= 15 is 0 Å². The van der Waals surface area contributed by atoms with Gasteiger partial charge in [-0.1, -0.05) is 12.1 Å². The Morgan fingerprint density at radius 2 is 1.89 bits per heavy atom. The van der Waals surface area contributed by atoms with Crippen LogP contribution in [0.2, 0.25) is 0 Å². The van der Waals surface area contributed by atoms with Gasteiger partial charge in [-0.15, -0.1) is 0 Å². The normalized spacial score (nSPS) is 10.1. The van der Waals surface area contributed by atoms with E-state index in [0.29, 0.717) is 25.1 Å². The highest BCUT2D eigenvalue weighted by Gasteiger charge is 2.08. The van der Waals surface area contributed by atoms with E-state index in [4.69, 9.17) is 5.73 Å². The zero-order valence-electron chi connectivity index (χ0n) is 10.8. The van der Waals surface area contributed by atoms with Gasteiger partial charge in [-0.05, 0) is 24.7 Å². The first-order valence-corrected chi connectivity index (χ1v) is 5.82. The second kappa shape index (κ2) is 6.76. The first-order chi connectivity index (χ1) is 8.54. The Hall–Kier alpha value is -1.88. The number of hydrogen-bond acceptors (Lipinski definition) is 3. The summed E-state index contributed by atoms with van der Waals surface area (Å²) in [5.74, 6) is -0.358. The van der Waals surface area contributed by atoms with Crippen molar-refractivity contribution in [2.45, 2.75) is 13.0 Å². The number of carbonyl (C=O) groups is 2. The van der Waals surface area contributed by atoms with E-state index in [1.54, 1.807) is 24.1 Å². The SMILES string of the molecule is CNCCC(=O)N(C)Cc1ccc(C(N)=O)cc1. The summed E-state index contributed by atoms with van der Waals surface area (Å²) in [4.78, 5) is 24.3. The van der Waals surface area contributed by atoms with E-state index in [2.05, 4.69) is 5.32 Å². The van der Waals surface area contributed by atoms with Gasteiger partial charge in [-0.25, -0.2) is 0 Å². The van der Waals surface area contributed by atoms with Gasteiger partial charge < -0.3 is 16.0 Å². The van der Waals surface area contributed by atoms with Crippen molar-refractivity contribution in [3.63, 3.8) is 0 Å². The number of nitrogens with two attached hydrogens (primary N) is 1. The van der Waals surface area contributed by atoms with Gasteiger partial charge in [-0.2, -0.15) is 0 Å². The minimum absolute atomic E-state index is 0.0864. The van der Waals surface area contributed by atoms with Crippen LogP contribution in [0.25, 0.3) is 0 Å². The lowest BCUT2D eigenvalue weighted by Crippen LogP contribution is -2.28. The van der Waals surface area contributed by atoms with Gasteiger partial charge in [0.05, 0.1) is 0 Å². The largest absolute Gasteiger partial charge is 0.366 e. The number of hydrogen-bond donors (Lipinski definition) is 2. The summed E-state index contributed by atoms with van der Waals surface area (Å²) in [6, 6.07) is 6.96. The van der Waals surface area contributed by atoms with Crippen molar-refractivity contribution in [3.05, 3.63) is 35.4 Å². The molecule has 0 aromatic heterocycles. The predicted molar refractivity (Wildman–Crippen MR) is 70.0 cm³/mol. The molecule has 0 aliphatic carbocycles. The quantitative estimate of drug-likeness (QED) is 0.764. The second-order valence-electron chi connectivity index (χ2n) is 4.16. The lowest BCUT2D eigenvalue weighted by atomic mass is 10.1. The van der Waals surface area contributed by atoms with Crippen LogP contribution >= 0.6 is 0 Å². The van der Waals surface area contributed by atoms with Crippen molar-refractivity contribution in [3.8, 4) is 0 Å². The van der Waals surface area contributed by atoms with Crippen LogP contribution in [0.4, 0.5) is 0 Å². The fraction of sp³-hybridized carbons (Fsp3) is 0.385. The van der Waals surface area contributed by atoms with Crippen LogP contribution in [-0.2, 0) is 11.3 Å². The van der Waals surface area contributed by atoms with Gasteiger partial charge in [0.1, 0.15) is 0 Å². The molecular formula is C13H19N3O2. The standard InChI is InChI=1S/C13H19N3O2/c1-15-8-7-12(17)16(2)9-10-3-5-11(6-4-10)13(14)18/h3-6,15H,7-9H2,1-2H3,(H2,14,18). The molecule has 98 valence electrons. The van der Waals surface area contributed by atoms with Gasteiger partial charge in [0.25, 0.3) is 0 Å². The molecule has 0 spiro atoms. The van der Waals surface area contributed by atoms with E-state index in [0.717, 1.165) is 5.56 Å². The fourth-order valence-electron chi connectivity index (χ4n) is 1.56. The van der Waals surface area contributed by atoms with E-state index in [-0.39, 0.29) is 5.91 Å². The summed E-state index contributed by atoms with van der Waals surface area (Å²) in [5.41, 5.74) is 6.61. The molecule has 0 saturated heterocycles. The predicted octanol–water partition coefficient (Wildman–Crippen LogP) is 0.353. The molecule has 5 nitrogen and oxygen atoms in total. The summed E-state index contributed by atoms with van der Waals surface area (Å²) >= 11 is 0. The van der Waals surface area contributed by atoms with Crippen molar-refractivity contribution in [2.24, 2.45) is 5.73 Å². The zero-order valence-corrected chi connectivity index (χ0v) is 10.8. The molecule has 0 unspecified atom stereocenters. The van der Waals surface area contributed by atoms with Crippen molar-refractivity contribution < 1.29 is 9.59 Å². The van der Waals surface area contributed by atoms with Crippen molar-refractivity contribution in [2.75, 3.05) is 20.6 Å². The number of nitrogens with one attached hydrogen (secondary N) is 1. The maximum atomic E-state index is 11.7. The maximum Gasteiger partial charge on any atom is 0.248 e. The van der Waals surface area contributed by atoms with Crippen LogP contribution in [0.3, 0.4) is 0 Å². The van der Waals surface area contributed by atoms with Crippen molar-refractivity contribution in [1.29, 1.82) is 0 Å². The summed E-state index contributed by atoms with van der Waals surface area (Å²) in [7, 11) is 3.58. The molecule has 0 fully saturated rings. The maximum absolute atomic E-state index is 11.7. The Bertz CT molecular complexity index is 415. The third-order valence-corrected chi connectivity index (χ3v) is 2.67. The minimum Gasteiger partial charge on any atom is -0.366 e. The van der Waals surface area contributed by atoms with Crippen molar-refractivity contribution >= 4 is 11.8 Å². The topological polar surface area (TPSA) is 75.4 Å². The third-order valence-electron chi connectivity index (χ3n) is 2.67. The lowest BCUT2D eigenvalue weighted by Gasteiger charge is -2.17. The molecule has 0 atom stereocenters. The van der Waals surface area contributed by atoms with Gasteiger partial charge in [0.15, 0.2) is 0 Å². The minimum atomic E-state index is -0.444.